The minimum atomic E-state index is -0.270. The molecule has 2 aliphatic rings. The Morgan fingerprint density at radius 2 is 1.85 bits per heavy atom. The van der Waals surface area contributed by atoms with Gasteiger partial charge >= 0.3 is 0 Å². The van der Waals surface area contributed by atoms with E-state index in [1.54, 1.807) is 7.11 Å². The molecule has 0 spiro atoms. The Balaban J connectivity index is 1.76. The molecule has 1 heterocycles. The summed E-state index contributed by atoms with van der Waals surface area (Å²) >= 11 is 0. The number of benzene rings is 1. The summed E-state index contributed by atoms with van der Waals surface area (Å²) in [5.41, 5.74) is 6.77. The number of carbonyl (C=O) groups is 1. The first kappa shape index (κ1) is 13.4. The van der Waals surface area contributed by atoms with Crippen LogP contribution in [0.1, 0.15) is 31.2 Å². The van der Waals surface area contributed by atoms with Crippen molar-refractivity contribution < 1.29 is 9.53 Å². The van der Waals surface area contributed by atoms with Gasteiger partial charge in [0, 0.05) is 19.1 Å². The van der Waals surface area contributed by atoms with Crippen molar-refractivity contribution in [3.8, 4) is 5.75 Å². The Bertz CT molecular complexity index is 486. The molecular weight excluding hydrogens is 252 g/mol. The molecule has 4 heteroatoms. The Kier molecular flexibility index (Phi) is 3.42. The van der Waals surface area contributed by atoms with Crippen LogP contribution in [0.4, 0.5) is 0 Å². The predicted molar refractivity (Wildman–Crippen MR) is 77.7 cm³/mol. The van der Waals surface area contributed by atoms with E-state index in [1.165, 1.54) is 0 Å². The second-order valence-corrected chi connectivity index (χ2v) is 5.94. The fourth-order valence-electron chi connectivity index (χ4n) is 3.07. The van der Waals surface area contributed by atoms with E-state index < -0.39 is 0 Å². The minimum absolute atomic E-state index is 0.259. The number of nitrogens with zero attached hydrogens (tertiary/aromatic N) is 1. The number of hydrogen-bond donors (Lipinski definition) is 1. The molecule has 3 rings (SSSR count). The van der Waals surface area contributed by atoms with Gasteiger partial charge < -0.3 is 15.4 Å². The van der Waals surface area contributed by atoms with Gasteiger partial charge in [0.15, 0.2) is 0 Å². The summed E-state index contributed by atoms with van der Waals surface area (Å²) in [5, 5.41) is 0. The van der Waals surface area contributed by atoms with Gasteiger partial charge in [-0.15, -0.1) is 0 Å². The number of rotatable bonds is 3. The molecule has 2 fully saturated rings. The van der Waals surface area contributed by atoms with Crippen molar-refractivity contribution >= 4 is 5.91 Å². The highest BCUT2D eigenvalue weighted by Gasteiger charge is 2.53. The van der Waals surface area contributed by atoms with Crippen molar-refractivity contribution in [2.75, 3.05) is 20.2 Å². The summed E-state index contributed by atoms with van der Waals surface area (Å²) < 4.78 is 5.18. The van der Waals surface area contributed by atoms with Crippen LogP contribution in [0.15, 0.2) is 24.3 Å². The van der Waals surface area contributed by atoms with Crippen LogP contribution in [0, 0.1) is 0 Å². The van der Waals surface area contributed by atoms with E-state index in [4.69, 9.17) is 10.5 Å². The van der Waals surface area contributed by atoms with Gasteiger partial charge in [-0.25, -0.2) is 0 Å². The molecule has 2 N–H and O–H groups in total. The Hall–Kier alpha value is -1.55. The van der Waals surface area contributed by atoms with Crippen LogP contribution >= 0.6 is 0 Å². The first-order valence-corrected chi connectivity index (χ1v) is 7.35. The number of piperidine rings is 1. The number of methoxy groups -OCH3 is 1. The van der Waals surface area contributed by atoms with Crippen molar-refractivity contribution in [3.63, 3.8) is 0 Å². The average molecular weight is 274 g/mol. The summed E-state index contributed by atoms with van der Waals surface area (Å²) in [6.45, 7) is 1.61. The van der Waals surface area contributed by atoms with E-state index in [0.29, 0.717) is 0 Å². The third-order valence-corrected chi connectivity index (χ3v) is 4.63. The van der Waals surface area contributed by atoms with E-state index in [2.05, 4.69) is 0 Å². The summed E-state index contributed by atoms with van der Waals surface area (Å²) in [4.78, 5) is 14.8. The molecule has 1 amide bonds. The standard InChI is InChI=1S/C16H22N2O2/c1-20-14-4-2-12(3-5-14)16(8-9-16)15(19)18-10-6-13(17)7-11-18/h2-5,13H,6-11,17H2,1H3. The first-order valence-electron chi connectivity index (χ1n) is 7.35. The maximum Gasteiger partial charge on any atom is 0.233 e. The van der Waals surface area contributed by atoms with Crippen molar-refractivity contribution in [2.24, 2.45) is 5.73 Å². The van der Waals surface area contributed by atoms with Crippen LogP contribution in [0.25, 0.3) is 0 Å². The Labute approximate surface area is 119 Å². The van der Waals surface area contributed by atoms with E-state index in [0.717, 1.165) is 50.1 Å². The molecule has 0 unspecified atom stereocenters. The van der Waals surface area contributed by atoms with Gasteiger partial charge in [0.05, 0.1) is 12.5 Å². The first-order chi connectivity index (χ1) is 9.65. The van der Waals surface area contributed by atoms with Gasteiger partial charge in [-0.3, -0.25) is 4.79 Å². The Morgan fingerprint density at radius 3 is 2.35 bits per heavy atom. The topological polar surface area (TPSA) is 55.6 Å². The minimum Gasteiger partial charge on any atom is -0.497 e. The van der Waals surface area contributed by atoms with Crippen molar-refractivity contribution in [1.29, 1.82) is 0 Å². The molecule has 1 saturated heterocycles. The normalized spacial score (nSPS) is 21.6. The SMILES string of the molecule is COc1ccc(C2(C(=O)N3CCC(N)CC3)CC2)cc1. The molecule has 0 aromatic heterocycles. The summed E-state index contributed by atoms with van der Waals surface area (Å²) in [7, 11) is 1.66. The maximum atomic E-state index is 12.8. The zero-order chi connectivity index (χ0) is 14.2. The lowest BCUT2D eigenvalue weighted by atomic mass is 9.93. The molecule has 0 bridgehead atoms. The highest BCUT2D eigenvalue weighted by Crippen LogP contribution is 2.50. The van der Waals surface area contributed by atoms with Gasteiger partial charge in [0.1, 0.15) is 5.75 Å². The third-order valence-electron chi connectivity index (χ3n) is 4.63. The number of nitrogens with two attached hydrogens (primary N) is 1. The number of amides is 1. The molecule has 20 heavy (non-hydrogen) atoms. The van der Waals surface area contributed by atoms with Crippen LogP contribution in [-0.4, -0.2) is 37.0 Å². The number of ether oxygens (including phenoxy) is 1. The lowest BCUT2D eigenvalue weighted by molar-refractivity contribution is -0.135. The van der Waals surface area contributed by atoms with Crippen LogP contribution < -0.4 is 10.5 Å². The lowest BCUT2D eigenvalue weighted by Crippen LogP contribution is -2.46. The second-order valence-electron chi connectivity index (χ2n) is 5.94. The van der Waals surface area contributed by atoms with Crippen molar-refractivity contribution in [3.05, 3.63) is 29.8 Å². The van der Waals surface area contributed by atoms with Gasteiger partial charge in [-0.1, -0.05) is 12.1 Å². The van der Waals surface area contributed by atoms with Crippen LogP contribution in [0.3, 0.4) is 0 Å². The van der Waals surface area contributed by atoms with Crippen LogP contribution in [-0.2, 0) is 10.2 Å². The molecule has 1 aliphatic carbocycles. The highest BCUT2D eigenvalue weighted by atomic mass is 16.5. The van der Waals surface area contributed by atoms with Crippen molar-refractivity contribution in [2.45, 2.75) is 37.1 Å². The average Bonchev–Trinajstić information content (AvgIpc) is 3.29. The largest absolute Gasteiger partial charge is 0.497 e. The molecule has 1 aliphatic heterocycles. The summed E-state index contributed by atoms with van der Waals surface area (Å²) in [6, 6.07) is 8.19. The molecule has 4 nitrogen and oxygen atoms in total. The fraction of sp³-hybridized carbons (Fsp3) is 0.562. The molecule has 1 saturated carbocycles. The van der Waals surface area contributed by atoms with Crippen molar-refractivity contribution in [1.82, 2.24) is 4.90 Å². The van der Waals surface area contributed by atoms with E-state index >= 15 is 0 Å². The fourth-order valence-corrected chi connectivity index (χ4v) is 3.07. The number of hydrogen-bond acceptors (Lipinski definition) is 3. The predicted octanol–water partition coefficient (Wildman–Crippen LogP) is 1.68. The molecule has 0 atom stereocenters. The monoisotopic (exact) mass is 274 g/mol. The number of carbonyl (C=O) groups excluding carboxylic acids is 1. The Morgan fingerprint density at radius 1 is 1.25 bits per heavy atom. The molecule has 1 aromatic carbocycles. The summed E-state index contributed by atoms with van der Waals surface area (Å²) in [5.74, 6) is 1.12. The zero-order valence-corrected chi connectivity index (χ0v) is 12.0. The smallest absolute Gasteiger partial charge is 0.233 e. The zero-order valence-electron chi connectivity index (χ0n) is 12.0. The van der Waals surface area contributed by atoms with Gasteiger partial charge in [0.25, 0.3) is 0 Å². The molecule has 108 valence electrons. The van der Waals surface area contributed by atoms with Gasteiger partial charge in [-0.05, 0) is 43.4 Å². The van der Waals surface area contributed by atoms with Crippen LogP contribution in [0.5, 0.6) is 5.75 Å². The molecule has 0 radical (unpaired) electrons. The van der Waals surface area contributed by atoms with Gasteiger partial charge in [0.2, 0.25) is 5.91 Å². The molecular formula is C16H22N2O2. The molecule has 1 aromatic rings. The summed E-state index contributed by atoms with van der Waals surface area (Å²) in [6.07, 6.45) is 3.76. The second kappa shape index (κ2) is 5.09. The third kappa shape index (κ3) is 2.29. The van der Waals surface area contributed by atoms with E-state index in [-0.39, 0.29) is 17.4 Å². The van der Waals surface area contributed by atoms with Crippen LogP contribution in [0.2, 0.25) is 0 Å². The highest BCUT2D eigenvalue weighted by molar-refractivity contribution is 5.91. The lowest BCUT2D eigenvalue weighted by Gasteiger charge is -2.33. The number of likely N-dealkylation sites (tertiary alicyclic amines) is 1. The maximum absolute atomic E-state index is 12.8. The van der Waals surface area contributed by atoms with E-state index in [1.807, 2.05) is 29.2 Å². The van der Waals surface area contributed by atoms with E-state index in [9.17, 15) is 4.79 Å². The van der Waals surface area contributed by atoms with Gasteiger partial charge in [-0.2, -0.15) is 0 Å². The quantitative estimate of drug-likeness (QED) is 0.912.